The summed E-state index contributed by atoms with van der Waals surface area (Å²) in [6, 6.07) is 16.4. The molecule has 0 bridgehead atoms. The summed E-state index contributed by atoms with van der Waals surface area (Å²) in [5.74, 6) is 0.840. The third-order valence-electron chi connectivity index (χ3n) is 4.51. The highest BCUT2D eigenvalue weighted by atomic mass is 16.5. The van der Waals surface area contributed by atoms with Gasteiger partial charge in [-0.3, -0.25) is 0 Å². The van der Waals surface area contributed by atoms with E-state index < -0.39 is 0 Å². The summed E-state index contributed by atoms with van der Waals surface area (Å²) in [6.45, 7) is 4.26. The van der Waals surface area contributed by atoms with Crippen molar-refractivity contribution >= 4 is 5.69 Å². The second-order valence-electron chi connectivity index (χ2n) is 6.45. The second kappa shape index (κ2) is 7.17. The van der Waals surface area contributed by atoms with Gasteiger partial charge in [0.05, 0.1) is 26.5 Å². The Labute approximate surface area is 153 Å². The smallest absolute Gasteiger partial charge is 0.177 e. The summed E-state index contributed by atoms with van der Waals surface area (Å²) in [6.07, 6.45) is 1.76. The molecule has 4 rings (SSSR count). The lowest BCUT2D eigenvalue weighted by molar-refractivity contribution is 0.110. The van der Waals surface area contributed by atoms with Gasteiger partial charge in [0.15, 0.2) is 6.23 Å². The first-order valence-corrected chi connectivity index (χ1v) is 8.71. The minimum atomic E-state index is -0.198. The second-order valence-corrected chi connectivity index (χ2v) is 6.45. The fourth-order valence-electron chi connectivity index (χ4n) is 3.25. The van der Waals surface area contributed by atoms with Crippen LogP contribution in [0.15, 0.2) is 54.7 Å². The lowest BCUT2D eigenvalue weighted by Gasteiger charge is -2.23. The monoisotopic (exact) mass is 350 g/mol. The van der Waals surface area contributed by atoms with Crippen molar-refractivity contribution < 1.29 is 9.47 Å². The van der Waals surface area contributed by atoms with E-state index in [9.17, 15) is 0 Å². The highest BCUT2D eigenvalue weighted by Gasteiger charge is 2.29. The molecule has 1 saturated heterocycles. The molecule has 2 aromatic carbocycles. The molecule has 0 aliphatic carbocycles. The first kappa shape index (κ1) is 16.6. The fraction of sp³-hybridized carbons (Fsp3) is 0.300. The molecule has 1 atom stereocenters. The molecule has 1 aliphatic rings. The Bertz CT molecular complexity index is 893. The molecule has 0 N–H and O–H groups in total. The Balaban J connectivity index is 1.53. The maximum atomic E-state index is 5.94. The minimum Gasteiger partial charge on any atom is -0.497 e. The third kappa shape index (κ3) is 3.41. The topological polar surface area (TPSA) is 52.4 Å². The van der Waals surface area contributed by atoms with Gasteiger partial charge in [0.2, 0.25) is 0 Å². The lowest BCUT2D eigenvalue weighted by atomic mass is 10.2. The summed E-state index contributed by atoms with van der Waals surface area (Å²) >= 11 is 0. The Morgan fingerprint density at radius 2 is 2.08 bits per heavy atom. The van der Waals surface area contributed by atoms with Crippen LogP contribution in [0, 0.1) is 6.92 Å². The molecule has 1 aromatic heterocycles. The zero-order chi connectivity index (χ0) is 17.9. The van der Waals surface area contributed by atoms with E-state index >= 15 is 0 Å². The number of nitrogens with zero attached hydrogens (tertiary/aromatic N) is 4. The van der Waals surface area contributed by atoms with E-state index in [1.54, 1.807) is 7.11 Å². The minimum absolute atomic E-state index is 0.198. The van der Waals surface area contributed by atoms with E-state index in [1.807, 2.05) is 29.1 Å². The molecule has 0 unspecified atom stereocenters. The van der Waals surface area contributed by atoms with Crippen molar-refractivity contribution in [1.29, 1.82) is 0 Å². The van der Waals surface area contributed by atoms with Crippen LogP contribution in [0.5, 0.6) is 5.75 Å². The van der Waals surface area contributed by atoms with Crippen molar-refractivity contribution in [1.82, 2.24) is 15.0 Å². The van der Waals surface area contributed by atoms with Crippen LogP contribution in [0.1, 0.15) is 23.0 Å². The molecule has 1 aliphatic heterocycles. The van der Waals surface area contributed by atoms with Crippen LogP contribution < -0.4 is 9.64 Å². The number of anilines is 1. The fourth-order valence-corrected chi connectivity index (χ4v) is 3.25. The van der Waals surface area contributed by atoms with E-state index in [0.717, 1.165) is 29.2 Å². The number of benzene rings is 2. The van der Waals surface area contributed by atoms with Gasteiger partial charge in [0.1, 0.15) is 11.4 Å². The lowest BCUT2D eigenvalue weighted by Crippen LogP contribution is -2.23. The number of aromatic nitrogens is 3. The Kier molecular flexibility index (Phi) is 4.58. The molecular weight excluding hydrogens is 328 g/mol. The van der Waals surface area contributed by atoms with Crippen molar-refractivity contribution in [3.8, 4) is 5.75 Å². The van der Waals surface area contributed by atoms with Gasteiger partial charge in [0.25, 0.3) is 0 Å². The molecule has 0 spiro atoms. The molecule has 1 fully saturated rings. The van der Waals surface area contributed by atoms with Crippen LogP contribution >= 0.6 is 0 Å². The number of hydrogen-bond acceptors (Lipinski definition) is 5. The predicted octanol–water partition coefficient (Wildman–Crippen LogP) is 3.18. The largest absolute Gasteiger partial charge is 0.497 e. The molecule has 134 valence electrons. The highest BCUT2D eigenvalue weighted by molar-refractivity contribution is 5.50. The summed E-state index contributed by atoms with van der Waals surface area (Å²) < 4.78 is 13.0. The van der Waals surface area contributed by atoms with E-state index in [-0.39, 0.29) is 6.23 Å². The number of methoxy groups -OCH3 is 1. The Morgan fingerprint density at radius 3 is 2.92 bits per heavy atom. The van der Waals surface area contributed by atoms with Crippen LogP contribution in [0.25, 0.3) is 0 Å². The van der Waals surface area contributed by atoms with Crippen LogP contribution in [0.3, 0.4) is 0 Å². The van der Waals surface area contributed by atoms with Gasteiger partial charge in [-0.2, -0.15) is 0 Å². The van der Waals surface area contributed by atoms with Gasteiger partial charge in [-0.25, -0.2) is 4.68 Å². The number of aryl methyl sites for hydroxylation is 1. The average molecular weight is 350 g/mol. The highest BCUT2D eigenvalue weighted by Crippen LogP contribution is 2.31. The summed E-state index contributed by atoms with van der Waals surface area (Å²) in [7, 11) is 1.67. The van der Waals surface area contributed by atoms with E-state index in [4.69, 9.17) is 9.47 Å². The van der Waals surface area contributed by atoms with Gasteiger partial charge in [0, 0.05) is 12.2 Å². The summed E-state index contributed by atoms with van der Waals surface area (Å²) in [5, 5.41) is 8.63. The number of ether oxygens (including phenoxy) is 2. The van der Waals surface area contributed by atoms with Crippen molar-refractivity contribution in [3.05, 3.63) is 71.5 Å². The van der Waals surface area contributed by atoms with Gasteiger partial charge >= 0.3 is 0 Å². The molecule has 26 heavy (non-hydrogen) atoms. The Morgan fingerprint density at radius 1 is 1.19 bits per heavy atom. The first-order valence-electron chi connectivity index (χ1n) is 8.71. The summed E-state index contributed by atoms with van der Waals surface area (Å²) in [4.78, 5) is 2.23. The molecule has 0 saturated carbocycles. The average Bonchev–Trinajstić information content (AvgIpc) is 3.31. The van der Waals surface area contributed by atoms with Gasteiger partial charge in [-0.1, -0.05) is 29.5 Å². The quantitative estimate of drug-likeness (QED) is 0.707. The van der Waals surface area contributed by atoms with E-state index in [2.05, 4.69) is 52.5 Å². The van der Waals surface area contributed by atoms with Crippen LogP contribution in [-0.2, 0) is 11.3 Å². The van der Waals surface area contributed by atoms with Crippen molar-refractivity contribution in [2.45, 2.75) is 19.7 Å². The van der Waals surface area contributed by atoms with Gasteiger partial charge in [-0.15, -0.1) is 5.10 Å². The van der Waals surface area contributed by atoms with Crippen molar-refractivity contribution in [3.63, 3.8) is 0 Å². The van der Waals surface area contributed by atoms with Crippen LogP contribution in [0.4, 0.5) is 5.69 Å². The zero-order valence-electron chi connectivity index (χ0n) is 15.0. The molecule has 6 heteroatoms. The van der Waals surface area contributed by atoms with Gasteiger partial charge < -0.3 is 14.4 Å². The zero-order valence-corrected chi connectivity index (χ0v) is 15.0. The molecular formula is C20H22N4O2. The van der Waals surface area contributed by atoms with Crippen LogP contribution in [0.2, 0.25) is 0 Å². The maximum Gasteiger partial charge on any atom is 0.177 e. The first-order chi connectivity index (χ1) is 12.7. The molecule has 0 radical (unpaired) electrons. The van der Waals surface area contributed by atoms with Gasteiger partial charge in [-0.05, 0) is 42.3 Å². The molecule has 2 heterocycles. The summed E-state index contributed by atoms with van der Waals surface area (Å²) in [5.41, 5.74) is 4.32. The third-order valence-corrected chi connectivity index (χ3v) is 4.51. The normalized spacial score (nSPS) is 16.8. The standard InChI is InChI=1S/C20H22N4O2/c1-15-5-3-7-17(11-15)24-9-10-26-20(24)19-14-23(22-21-19)13-16-6-4-8-18(12-16)25-2/h3-8,11-12,14,20H,9-10,13H2,1-2H3/t20-/m0/s1. The van der Waals surface area contributed by atoms with E-state index in [0.29, 0.717) is 13.2 Å². The molecule has 6 nitrogen and oxygen atoms in total. The number of rotatable bonds is 5. The molecule has 3 aromatic rings. The number of hydrogen-bond donors (Lipinski definition) is 0. The van der Waals surface area contributed by atoms with Crippen LogP contribution in [-0.4, -0.2) is 35.3 Å². The maximum absolute atomic E-state index is 5.94. The van der Waals surface area contributed by atoms with E-state index in [1.165, 1.54) is 5.56 Å². The molecule has 0 amide bonds. The van der Waals surface area contributed by atoms with Crippen molar-refractivity contribution in [2.24, 2.45) is 0 Å². The van der Waals surface area contributed by atoms with Crippen molar-refractivity contribution in [2.75, 3.05) is 25.2 Å². The predicted molar refractivity (Wildman–Crippen MR) is 99.3 cm³/mol. The SMILES string of the molecule is COc1cccc(Cn2cc([C@@H]3OCCN3c3cccc(C)c3)nn2)c1. The Hall–Kier alpha value is -2.86.